The normalized spacial score (nSPS) is 12.0. The van der Waals surface area contributed by atoms with Gasteiger partial charge in [-0.2, -0.15) is 0 Å². The van der Waals surface area contributed by atoms with Gasteiger partial charge in [-0.25, -0.2) is 4.98 Å². The summed E-state index contributed by atoms with van der Waals surface area (Å²) in [6, 6.07) is 14.6. The average Bonchev–Trinajstić information content (AvgIpc) is 2.85. The molecule has 1 unspecified atom stereocenters. The van der Waals surface area contributed by atoms with E-state index in [9.17, 15) is 9.59 Å². The summed E-state index contributed by atoms with van der Waals surface area (Å²) in [4.78, 5) is 33.9. The molecule has 34 heavy (non-hydrogen) atoms. The molecule has 0 aliphatic heterocycles. The van der Waals surface area contributed by atoms with Crippen LogP contribution in [0.4, 0.5) is 0 Å². The lowest BCUT2D eigenvalue weighted by molar-refractivity contribution is -0.134. The quantitative estimate of drug-likeness (QED) is 0.307. The number of benzene rings is 2. The third-order valence-corrected chi connectivity index (χ3v) is 6.05. The lowest BCUT2D eigenvalue weighted by Gasteiger charge is -2.32. The Morgan fingerprint density at radius 3 is 2.38 bits per heavy atom. The van der Waals surface area contributed by atoms with Crippen molar-refractivity contribution in [2.24, 2.45) is 0 Å². The number of hydrogen-bond donors (Lipinski definition) is 0. The molecule has 0 saturated carbocycles. The molecule has 6 nitrogen and oxygen atoms in total. The highest BCUT2D eigenvalue weighted by molar-refractivity contribution is 5.79. The molecule has 0 bridgehead atoms. The maximum Gasteiger partial charge on any atom is 0.266 e. The molecule has 0 aliphatic rings. The van der Waals surface area contributed by atoms with Gasteiger partial charge in [0.2, 0.25) is 5.91 Å². The fourth-order valence-corrected chi connectivity index (χ4v) is 4.39. The van der Waals surface area contributed by atoms with E-state index in [1.807, 2.05) is 54.3 Å². The van der Waals surface area contributed by atoms with Crippen LogP contribution in [-0.4, -0.2) is 33.5 Å². The summed E-state index contributed by atoms with van der Waals surface area (Å²) < 4.78 is 7.26. The Morgan fingerprint density at radius 2 is 1.74 bits per heavy atom. The molecule has 0 spiro atoms. The van der Waals surface area contributed by atoms with Gasteiger partial charge in [-0.15, -0.1) is 0 Å². The number of aromatic nitrogens is 2. The molecule has 3 rings (SSSR count). The summed E-state index contributed by atoms with van der Waals surface area (Å²) >= 11 is 0. The predicted molar refractivity (Wildman–Crippen MR) is 138 cm³/mol. The molecule has 0 N–H and O–H groups in total. The van der Waals surface area contributed by atoms with Crippen LogP contribution in [0.2, 0.25) is 0 Å². The standard InChI is InChI=1S/C28H37N3O3/c1-5-9-10-15-26(32)30(20-6-2)25(7-3)27-29-24-14-12-11-13-23(24)28(33)31(27)21-16-18-22(19-17-21)34-8-4/h11-14,16-19,25H,5-10,15,20H2,1-4H3. The maximum absolute atomic E-state index is 13.7. The third kappa shape index (κ3) is 5.66. The first-order valence-electron chi connectivity index (χ1n) is 12.6. The Balaban J connectivity index is 2.16. The molecular formula is C28H37N3O3. The molecule has 0 aliphatic carbocycles. The van der Waals surface area contributed by atoms with Gasteiger partial charge in [0.1, 0.15) is 11.6 Å². The number of ether oxygens (including phenoxy) is 1. The Kier molecular flexibility index (Phi) is 9.25. The summed E-state index contributed by atoms with van der Waals surface area (Å²) in [6.45, 7) is 9.41. The van der Waals surface area contributed by atoms with Crippen LogP contribution < -0.4 is 10.3 Å². The van der Waals surface area contributed by atoms with Crippen LogP contribution in [0.15, 0.2) is 53.3 Å². The van der Waals surface area contributed by atoms with Gasteiger partial charge in [-0.3, -0.25) is 14.2 Å². The molecule has 1 heterocycles. The van der Waals surface area contributed by atoms with Crippen molar-refractivity contribution >= 4 is 16.8 Å². The Hall–Kier alpha value is -3.15. The van der Waals surface area contributed by atoms with Crippen LogP contribution in [0.5, 0.6) is 5.75 Å². The smallest absolute Gasteiger partial charge is 0.266 e. The van der Waals surface area contributed by atoms with Crippen molar-refractivity contribution in [3.8, 4) is 11.4 Å². The first-order valence-corrected chi connectivity index (χ1v) is 12.6. The van der Waals surface area contributed by atoms with Crippen molar-refractivity contribution in [3.05, 3.63) is 64.7 Å². The Morgan fingerprint density at radius 1 is 1.00 bits per heavy atom. The van der Waals surface area contributed by atoms with Crippen LogP contribution >= 0.6 is 0 Å². The second-order valence-electron chi connectivity index (χ2n) is 8.52. The molecular weight excluding hydrogens is 426 g/mol. The number of amides is 1. The molecule has 0 radical (unpaired) electrons. The summed E-state index contributed by atoms with van der Waals surface area (Å²) in [6.07, 6.45) is 5.02. The van der Waals surface area contributed by atoms with Crippen LogP contribution in [-0.2, 0) is 4.79 Å². The van der Waals surface area contributed by atoms with Crippen LogP contribution in [0, 0.1) is 0 Å². The summed E-state index contributed by atoms with van der Waals surface area (Å²) in [5.74, 6) is 1.48. The maximum atomic E-state index is 13.7. The number of carbonyl (C=O) groups is 1. The van der Waals surface area contributed by atoms with Crippen molar-refractivity contribution in [2.45, 2.75) is 72.3 Å². The number of hydrogen-bond acceptors (Lipinski definition) is 4. The van der Waals surface area contributed by atoms with E-state index >= 15 is 0 Å². The van der Waals surface area contributed by atoms with E-state index in [2.05, 4.69) is 20.8 Å². The fourth-order valence-electron chi connectivity index (χ4n) is 4.39. The van der Waals surface area contributed by atoms with E-state index < -0.39 is 0 Å². The van der Waals surface area contributed by atoms with Crippen molar-refractivity contribution in [1.29, 1.82) is 0 Å². The molecule has 1 aromatic heterocycles. The van der Waals surface area contributed by atoms with Crippen molar-refractivity contribution in [2.75, 3.05) is 13.2 Å². The second-order valence-corrected chi connectivity index (χ2v) is 8.52. The molecule has 1 atom stereocenters. The number of rotatable bonds is 12. The molecule has 0 saturated heterocycles. The van der Waals surface area contributed by atoms with Gasteiger partial charge < -0.3 is 9.64 Å². The van der Waals surface area contributed by atoms with E-state index in [0.29, 0.717) is 42.7 Å². The monoisotopic (exact) mass is 463 g/mol. The summed E-state index contributed by atoms with van der Waals surface area (Å²) in [5.41, 5.74) is 1.24. The van der Waals surface area contributed by atoms with Crippen molar-refractivity contribution in [1.82, 2.24) is 14.5 Å². The summed E-state index contributed by atoms with van der Waals surface area (Å²) in [5, 5.41) is 0.561. The van der Waals surface area contributed by atoms with E-state index in [1.54, 1.807) is 10.6 Å². The number of unbranched alkanes of at least 4 members (excludes halogenated alkanes) is 2. The van der Waals surface area contributed by atoms with Gasteiger partial charge in [0, 0.05) is 13.0 Å². The average molecular weight is 464 g/mol. The minimum Gasteiger partial charge on any atom is -0.494 e. The molecule has 1 amide bonds. The number of fused-ring (bicyclic) bond motifs is 1. The number of para-hydroxylation sites is 1. The van der Waals surface area contributed by atoms with Gasteiger partial charge in [0.25, 0.3) is 5.56 Å². The van der Waals surface area contributed by atoms with E-state index in [0.717, 1.165) is 37.1 Å². The lowest BCUT2D eigenvalue weighted by atomic mass is 10.1. The first kappa shape index (κ1) is 25.5. The van der Waals surface area contributed by atoms with Gasteiger partial charge in [-0.05, 0) is 62.6 Å². The third-order valence-electron chi connectivity index (χ3n) is 6.05. The molecule has 0 fully saturated rings. The van der Waals surface area contributed by atoms with E-state index in [-0.39, 0.29) is 17.5 Å². The highest BCUT2D eigenvalue weighted by Gasteiger charge is 2.28. The minimum atomic E-state index is -0.294. The highest BCUT2D eigenvalue weighted by Crippen LogP contribution is 2.28. The minimum absolute atomic E-state index is 0.127. The van der Waals surface area contributed by atoms with Crippen LogP contribution in [0.3, 0.4) is 0 Å². The Bertz CT molecular complexity index is 1140. The van der Waals surface area contributed by atoms with Crippen molar-refractivity contribution in [3.63, 3.8) is 0 Å². The Labute approximate surface area is 202 Å². The van der Waals surface area contributed by atoms with Crippen LogP contribution in [0.1, 0.15) is 78.1 Å². The zero-order valence-electron chi connectivity index (χ0n) is 20.9. The molecule has 182 valence electrons. The van der Waals surface area contributed by atoms with Gasteiger partial charge >= 0.3 is 0 Å². The molecule has 2 aromatic carbocycles. The number of nitrogens with zero attached hydrogens (tertiary/aromatic N) is 3. The number of carbonyl (C=O) groups excluding carboxylic acids is 1. The van der Waals surface area contributed by atoms with E-state index in [4.69, 9.17) is 9.72 Å². The molecule has 6 heteroatoms. The van der Waals surface area contributed by atoms with Gasteiger partial charge in [0.05, 0.1) is 29.2 Å². The lowest BCUT2D eigenvalue weighted by Crippen LogP contribution is -2.39. The zero-order chi connectivity index (χ0) is 24.5. The summed E-state index contributed by atoms with van der Waals surface area (Å²) in [7, 11) is 0. The SMILES string of the molecule is CCCCCC(=O)N(CCC)C(CC)c1nc2ccccc2c(=O)n1-c1ccc(OCC)cc1. The van der Waals surface area contributed by atoms with Crippen LogP contribution in [0.25, 0.3) is 16.6 Å². The predicted octanol–water partition coefficient (Wildman–Crippen LogP) is 6.05. The van der Waals surface area contributed by atoms with Gasteiger partial charge in [-0.1, -0.05) is 45.7 Å². The first-order chi connectivity index (χ1) is 16.5. The fraction of sp³-hybridized carbons (Fsp3) is 0.464. The van der Waals surface area contributed by atoms with Crippen molar-refractivity contribution < 1.29 is 9.53 Å². The largest absolute Gasteiger partial charge is 0.494 e. The van der Waals surface area contributed by atoms with E-state index in [1.165, 1.54) is 0 Å². The molecule has 3 aromatic rings. The van der Waals surface area contributed by atoms with Gasteiger partial charge in [0.15, 0.2) is 0 Å². The topological polar surface area (TPSA) is 64.4 Å². The zero-order valence-corrected chi connectivity index (χ0v) is 20.9. The highest BCUT2D eigenvalue weighted by atomic mass is 16.5. The second kappa shape index (κ2) is 12.4.